The maximum Gasteiger partial charge on any atom is 0.328 e. The average Bonchev–Trinajstić information content (AvgIpc) is 3.05. The standard InChI is InChI=1S/C17H20N4O3/c22-15-7-9-21(17(24)19-15)12-16(23)18-10-13-6-8-20(11-13)14-4-2-1-3-5-14/h1-5,7,9,13H,6,8,10-12H2,(H,18,23)(H,19,22,24). The molecule has 1 saturated heterocycles. The molecule has 2 aromatic rings. The Hall–Kier alpha value is -2.83. The van der Waals surface area contributed by atoms with Gasteiger partial charge in [0.1, 0.15) is 6.54 Å². The van der Waals surface area contributed by atoms with E-state index in [-0.39, 0.29) is 12.5 Å². The van der Waals surface area contributed by atoms with Crippen molar-refractivity contribution in [2.75, 3.05) is 24.5 Å². The monoisotopic (exact) mass is 328 g/mol. The predicted octanol–water partition coefficient (Wildman–Crippen LogP) is 0.179. The average molecular weight is 328 g/mol. The van der Waals surface area contributed by atoms with E-state index in [9.17, 15) is 14.4 Å². The first-order valence-corrected chi connectivity index (χ1v) is 7.98. The molecule has 3 rings (SSSR count). The first-order chi connectivity index (χ1) is 11.6. The summed E-state index contributed by atoms with van der Waals surface area (Å²) in [5, 5.41) is 2.87. The van der Waals surface area contributed by atoms with Gasteiger partial charge in [-0.25, -0.2) is 4.79 Å². The number of para-hydroxylation sites is 1. The molecular weight excluding hydrogens is 308 g/mol. The number of anilines is 1. The highest BCUT2D eigenvalue weighted by Crippen LogP contribution is 2.22. The van der Waals surface area contributed by atoms with Gasteiger partial charge in [-0.1, -0.05) is 18.2 Å². The van der Waals surface area contributed by atoms with Gasteiger partial charge in [0.05, 0.1) is 0 Å². The van der Waals surface area contributed by atoms with E-state index in [0.717, 1.165) is 19.5 Å². The van der Waals surface area contributed by atoms with Crippen molar-refractivity contribution in [2.24, 2.45) is 5.92 Å². The molecule has 0 radical (unpaired) electrons. The zero-order chi connectivity index (χ0) is 16.9. The lowest BCUT2D eigenvalue weighted by Crippen LogP contribution is -2.37. The van der Waals surface area contributed by atoms with Crippen molar-refractivity contribution in [3.8, 4) is 0 Å². The summed E-state index contributed by atoms with van der Waals surface area (Å²) >= 11 is 0. The third-order valence-electron chi connectivity index (χ3n) is 4.21. The van der Waals surface area contributed by atoms with Crippen LogP contribution in [0.25, 0.3) is 0 Å². The molecule has 0 aliphatic carbocycles. The summed E-state index contributed by atoms with van der Waals surface area (Å²) < 4.78 is 1.18. The molecule has 1 aliphatic rings. The number of hydrogen-bond donors (Lipinski definition) is 2. The van der Waals surface area contributed by atoms with Gasteiger partial charge in [-0.2, -0.15) is 0 Å². The minimum atomic E-state index is -0.575. The Morgan fingerprint density at radius 1 is 1.21 bits per heavy atom. The van der Waals surface area contributed by atoms with Crippen LogP contribution in [-0.4, -0.2) is 35.1 Å². The summed E-state index contributed by atoms with van der Waals surface area (Å²) in [6, 6.07) is 11.4. The smallest absolute Gasteiger partial charge is 0.328 e. The molecule has 1 aromatic carbocycles. The molecule has 1 fully saturated rings. The number of amides is 1. The van der Waals surface area contributed by atoms with Crippen LogP contribution < -0.4 is 21.5 Å². The highest BCUT2D eigenvalue weighted by atomic mass is 16.2. The van der Waals surface area contributed by atoms with Crippen LogP contribution in [0.1, 0.15) is 6.42 Å². The fourth-order valence-electron chi connectivity index (χ4n) is 2.91. The Bertz CT molecular complexity index is 812. The summed E-state index contributed by atoms with van der Waals surface area (Å²) in [6.45, 7) is 2.37. The molecule has 0 bridgehead atoms. The third kappa shape index (κ3) is 3.92. The number of hydrogen-bond acceptors (Lipinski definition) is 4. The fraction of sp³-hybridized carbons (Fsp3) is 0.353. The van der Waals surface area contributed by atoms with Crippen LogP contribution in [-0.2, 0) is 11.3 Å². The number of nitrogens with zero attached hydrogens (tertiary/aromatic N) is 2. The molecule has 24 heavy (non-hydrogen) atoms. The van der Waals surface area contributed by atoms with Crippen molar-refractivity contribution in [2.45, 2.75) is 13.0 Å². The number of carbonyl (C=O) groups excluding carboxylic acids is 1. The van der Waals surface area contributed by atoms with Crippen molar-refractivity contribution in [3.63, 3.8) is 0 Å². The van der Waals surface area contributed by atoms with Crippen LogP contribution in [0, 0.1) is 5.92 Å². The minimum absolute atomic E-state index is 0.0925. The largest absolute Gasteiger partial charge is 0.371 e. The molecule has 0 saturated carbocycles. The second-order valence-corrected chi connectivity index (χ2v) is 5.98. The van der Waals surface area contributed by atoms with Gasteiger partial charge in [-0.15, -0.1) is 0 Å². The van der Waals surface area contributed by atoms with Crippen LogP contribution in [0.15, 0.2) is 52.2 Å². The van der Waals surface area contributed by atoms with E-state index in [2.05, 4.69) is 27.3 Å². The van der Waals surface area contributed by atoms with Gasteiger partial charge in [0.2, 0.25) is 5.91 Å². The second kappa shape index (κ2) is 7.16. The molecule has 2 N–H and O–H groups in total. The number of rotatable bonds is 5. The van der Waals surface area contributed by atoms with Crippen molar-refractivity contribution in [1.29, 1.82) is 0 Å². The van der Waals surface area contributed by atoms with Gasteiger partial charge < -0.3 is 10.2 Å². The van der Waals surface area contributed by atoms with Gasteiger partial charge in [-0.3, -0.25) is 19.1 Å². The molecule has 7 heteroatoms. The number of aromatic nitrogens is 2. The van der Waals surface area contributed by atoms with Crippen LogP contribution in [0.4, 0.5) is 5.69 Å². The van der Waals surface area contributed by atoms with Gasteiger partial charge >= 0.3 is 5.69 Å². The lowest BCUT2D eigenvalue weighted by atomic mass is 10.1. The van der Waals surface area contributed by atoms with Crippen molar-refractivity contribution < 1.29 is 4.79 Å². The van der Waals surface area contributed by atoms with Gasteiger partial charge in [0.15, 0.2) is 0 Å². The number of aromatic amines is 1. The van der Waals surface area contributed by atoms with Crippen molar-refractivity contribution >= 4 is 11.6 Å². The zero-order valence-electron chi connectivity index (χ0n) is 13.3. The maximum atomic E-state index is 12.0. The van der Waals surface area contributed by atoms with E-state index in [1.807, 2.05) is 18.2 Å². The van der Waals surface area contributed by atoms with E-state index in [1.54, 1.807) is 0 Å². The van der Waals surface area contributed by atoms with Gasteiger partial charge in [0, 0.05) is 37.6 Å². The summed E-state index contributed by atoms with van der Waals surface area (Å²) in [4.78, 5) is 39.0. The molecule has 1 unspecified atom stereocenters. The quantitative estimate of drug-likeness (QED) is 0.820. The number of nitrogens with one attached hydrogen (secondary N) is 2. The maximum absolute atomic E-state index is 12.0. The summed E-state index contributed by atoms with van der Waals surface area (Å²) in [5.74, 6) is 0.156. The Balaban J connectivity index is 1.49. The molecule has 1 atom stereocenters. The molecule has 0 spiro atoms. The Labute approximate surface area is 138 Å². The number of benzene rings is 1. The van der Waals surface area contributed by atoms with E-state index >= 15 is 0 Å². The van der Waals surface area contributed by atoms with Crippen LogP contribution >= 0.6 is 0 Å². The SMILES string of the molecule is O=C(Cn1ccc(=O)[nH]c1=O)NCC1CCN(c2ccccc2)C1. The first-order valence-electron chi connectivity index (χ1n) is 7.98. The van der Waals surface area contributed by atoms with E-state index in [1.165, 1.54) is 22.5 Å². The highest BCUT2D eigenvalue weighted by molar-refractivity contribution is 5.75. The van der Waals surface area contributed by atoms with Crippen molar-refractivity contribution in [1.82, 2.24) is 14.9 Å². The van der Waals surface area contributed by atoms with Gasteiger partial charge in [-0.05, 0) is 24.5 Å². The molecule has 7 nitrogen and oxygen atoms in total. The predicted molar refractivity (Wildman–Crippen MR) is 91.1 cm³/mol. The zero-order valence-corrected chi connectivity index (χ0v) is 13.3. The Kier molecular flexibility index (Phi) is 4.79. The summed E-state index contributed by atoms with van der Waals surface area (Å²) in [6.07, 6.45) is 2.35. The van der Waals surface area contributed by atoms with Crippen LogP contribution in [0.5, 0.6) is 0 Å². The summed E-state index contributed by atoms with van der Waals surface area (Å²) in [5.41, 5.74) is 0.156. The minimum Gasteiger partial charge on any atom is -0.371 e. The first kappa shape index (κ1) is 16.0. The Morgan fingerprint density at radius 3 is 2.75 bits per heavy atom. The Morgan fingerprint density at radius 2 is 2.00 bits per heavy atom. The normalized spacial score (nSPS) is 17.0. The van der Waals surface area contributed by atoms with Crippen molar-refractivity contribution in [3.05, 3.63) is 63.4 Å². The number of H-pyrrole nitrogens is 1. The summed E-state index contributed by atoms with van der Waals surface area (Å²) in [7, 11) is 0. The van der Waals surface area contributed by atoms with Crippen LogP contribution in [0.2, 0.25) is 0 Å². The molecule has 1 aromatic heterocycles. The molecule has 1 aliphatic heterocycles. The van der Waals surface area contributed by atoms with Gasteiger partial charge in [0.25, 0.3) is 5.56 Å². The van der Waals surface area contributed by atoms with E-state index < -0.39 is 11.2 Å². The topological polar surface area (TPSA) is 87.2 Å². The molecule has 1 amide bonds. The lowest BCUT2D eigenvalue weighted by Gasteiger charge is -2.18. The van der Waals surface area contributed by atoms with E-state index in [4.69, 9.17) is 0 Å². The second-order valence-electron chi connectivity index (χ2n) is 5.98. The van der Waals surface area contributed by atoms with E-state index in [0.29, 0.717) is 12.5 Å². The van der Waals surface area contributed by atoms with Crippen LogP contribution in [0.3, 0.4) is 0 Å². The lowest BCUT2D eigenvalue weighted by molar-refractivity contribution is -0.121. The molecule has 2 heterocycles. The molecular formula is C17H20N4O3. The fourth-order valence-corrected chi connectivity index (χ4v) is 2.91. The third-order valence-corrected chi connectivity index (χ3v) is 4.21. The highest BCUT2D eigenvalue weighted by Gasteiger charge is 2.22. The number of carbonyl (C=O) groups is 1. The molecule has 126 valence electrons.